The molecule has 0 aliphatic carbocycles. The molecule has 2 aromatic rings. The predicted octanol–water partition coefficient (Wildman–Crippen LogP) is 4.33. The summed E-state index contributed by atoms with van der Waals surface area (Å²) in [6, 6.07) is 14.8. The molecule has 0 spiro atoms. The largest absolute Gasteiger partial charge is 0.228 e. The first kappa shape index (κ1) is 14.8. The first-order valence-electron chi connectivity index (χ1n) is 5.64. The van der Waals surface area contributed by atoms with E-state index in [4.69, 9.17) is 0 Å². The normalized spacial score (nSPS) is 11.5. The van der Waals surface area contributed by atoms with Crippen molar-refractivity contribution in [2.75, 3.05) is 0 Å². The van der Waals surface area contributed by atoms with Crippen LogP contribution in [0.25, 0.3) is 0 Å². The third-order valence-electron chi connectivity index (χ3n) is 2.55. The molecule has 19 heavy (non-hydrogen) atoms. The summed E-state index contributed by atoms with van der Waals surface area (Å²) in [5.41, 5.74) is 1.59. The lowest BCUT2D eigenvalue weighted by Gasteiger charge is -2.06. The molecule has 0 N–H and O–H groups in total. The van der Waals surface area contributed by atoms with Gasteiger partial charge in [0.2, 0.25) is 0 Å². The Morgan fingerprint density at radius 2 is 1.21 bits per heavy atom. The molecule has 0 amide bonds. The highest BCUT2D eigenvalue weighted by atomic mass is 79.9. The average Bonchev–Trinajstić information content (AvgIpc) is 2.27. The molecule has 0 unspecified atom stereocenters. The second-order valence-corrected chi connectivity index (χ2v) is 8.19. The predicted molar refractivity (Wildman–Crippen MR) is 84.6 cm³/mol. The number of hydrogen-bond donors (Lipinski definition) is 0. The van der Waals surface area contributed by atoms with Gasteiger partial charge in [0.25, 0.3) is 0 Å². The second kappa shape index (κ2) is 6.20. The lowest BCUT2D eigenvalue weighted by molar-refractivity contribution is 0.594. The fraction of sp³-hybridized carbons (Fsp3) is 0.143. The molecule has 0 saturated heterocycles. The van der Waals surface area contributed by atoms with Crippen LogP contribution in [-0.4, -0.2) is 8.42 Å². The molecule has 0 aromatic heterocycles. The first-order chi connectivity index (χ1) is 8.94. The van der Waals surface area contributed by atoms with E-state index in [1.807, 2.05) is 48.5 Å². The Labute approximate surface area is 130 Å². The van der Waals surface area contributed by atoms with Crippen molar-refractivity contribution in [1.29, 1.82) is 0 Å². The Morgan fingerprint density at radius 3 is 1.58 bits per heavy atom. The maximum atomic E-state index is 12.2. The summed E-state index contributed by atoms with van der Waals surface area (Å²) in [7, 11) is -3.16. The van der Waals surface area contributed by atoms with Gasteiger partial charge in [-0.05, 0) is 35.4 Å². The Balaban J connectivity index is 2.15. The van der Waals surface area contributed by atoms with Gasteiger partial charge in [-0.25, -0.2) is 8.42 Å². The Kier molecular flexibility index (Phi) is 4.81. The van der Waals surface area contributed by atoms with Crippen molar-refractivity contribution in [3.05, 3.63) is 68.6 Å². The highest BCUT2D eigenvalue weighted by Gasteiger charge is 2.13. The minimum Gasteiger partial charge on any atom is -0.228 e. The number of rotatable bonds is 4. The third kappa shape index (κ3) is 4.75. The van der Waals surface area contributed by atoms with Gasteiger partial charge in [-0.2, -0.15) is 0 Å². The van der Waals surface area contributed by atoms with Crippen LogP contribution < -0.4 is 0 Å². The van der Waals surface area contributed by atoms with E-state index in [0.717, 1.165) is 20.1 Å². The van der Waals surface area contributed by atoms with E-state index in [9.17, 15) is 8.42 Å². The summed E-state index contributed by atoms with van der Waals surface area (Å²) >= 11 is 6.69. The molecule has 0 fully saturated rings. The number of hydrogen-bond acceptors (Lipinski definition) is 2. The van der Waals surface area contributed by atoms with Crippen molar-refractivity contribution >= 4 is 41.7 Å². The SMILES string of the molecule is O=S(=O)(Cc1cccc(Br)c1)Cc1cccc(Br)c1. The fourth-order valence-electron chi connectivity index (χ4n) is 1.81. The molecule has 2 rings (SSSR count). The van der Waals surface area contributed by atoms with Crippen LogP contribution in [0.5, 0.6) is 0 Å². The Morgan fingerprint density at radius 1 is 0.789 bits per heavy atom. The Hall–Kier alpha value is -0.650. The van der Waals surface area contributed by atoms with Gasteiger partial charge in [0.1, 0.15) is 0 Å². The van der Waals surface area contributed by atoms with Crippen LogP contribution in [0.15, 0.2) is 57.5 Å². The van der Waals surface area contributed by atoms with Gasteiger partial charge in [0.15, 0.2) is 9.84 Å². The minimum atomic E-state index is -3.16. The number of halogens is 2. The van der Waals surface area contributed by atoms with Crippen LogP contribution in [0.1, 0.15) is 11.1 Å². The summed E-state index contributed by atoms with van der Waals surface area (Å²) in [6.07, 6.45) is 0. The van der Waals surface area contributed by atoms with Crippen LogP contribution in [0, 0.1) is 0 Å². The summed E-state index contributed by atoms with van der Waals surface area (Å²) in [4.78, 5) is 0. The Bertz CT molecular complexity index is 628. The highest BCUT2D eigenvalue weighted by Crippen LogP contribution is 2.18. The third-order valence-corrected chi connectivity index (χ3v) is 5.08. The van der Waals surface area contributed by atoms with Crippen LogP contribution in [0.4, 0.5) is 0 Å². The van der Waals surface area contributed by atoms with Crippen LogP contribution in [-0.2, 0) is 21.3 Å². The first-order valence-corrected chi connectivity index (χ1v) is 9.05. The van der Waals surface area contributed by atoms with Gasteiger partial charge in [0.05, 0.1) is 11.5 Å². The van der Waals surface area contributed by atoms with Crippen molar-refractivity contribution in [3.63, 3.8) is 0 Å². The molecule has 2 aromatic carbocycles. The van der Waals surface area contributed by atoms with E-state index in [-0.39, 0.29) is 11.5 Å². The average molecular weight is 404 g/mol. The van der Waals surface area contributed by atoms with Crippen LogP contribution in [0.3, 0.4) is 0 Å². The molecule has 0 aliphatic heterocycles. The van der Waals surface area contributed by atoms with Crippen molar-refractivity contribution < 1.29 is 8.42 Å². The fourth-order valence-corrected chi connectivity index (χ4v) is 4.18. The lowest BCUT2D eigenvalue weighted by Crippen LogP contribution is -2.07. The molecule has 0 heterocycles. The number of sulfone groups is 1. The lowest BCUT2D eigenvalue weighted by atomic mass is 10.2. The van der Waals surface area contributed by atoms with Gasteiger partial charge in [-0.1, -0.05) is 56.1 Å². The van der Waals surface area contributed by atoms with E-state index in [1.165, 1.54) is 0 Å². The van der Waals surface area contributed by atoms with E-state index in [1.54, 1.807) is 0 Å². The molecular weight excluding hydrogens is 392 g/mol. The van der Waals surface area contributed by atoms with Gasteiger partial charge >= 0.3 is 0 Å². The van der Waals surface area contributed by atoms with Crippen molar-refractivity contribution in [3.8, 4) is 0 Å². The molecule has 0 bridgehead atoms. The molecule has 5 heteroatoms. The van der Waals surface area contributed by atoms with Gasteiger partial charge in [-0.15, -0.1) is 0 Å². The van der Waals surface area contributed by atoms with Crippen LogP contribution >= 0.6 is 31.9 Å². The molecular formula is C14H12Br2O2S. The zero-order valence-corrected chi connectivity index (χ0v) is 14.0. The highest BCUT2D eigenvalue weighted by molar-refractivity contribution is 9.10. The van der Waals surface area contributed by atoms with Crippen LogP contribution in [0.2, 0.25) is 0 Å². The zero-order chi connectivity index (χ0) is 13.9. The summed E-state index contributed by atoms with van der Waals surface area (Å²) in [5.74, 6) is 0.109. The molecule has 0 radical (unpaired) electrons. The molecule has 0 atom stereocenters. The molecule has 100 valence electrons. The van der Waals surface area contributed by atoms with Crippen molar-refractivity contribution in [2.45, 2.75) is 11.5 Å². The van der Waals surface area contributed by atoms with Crippen molar-refractivity contribution in [1.82, 2.24) is 0 Å². The molecule has 0 saturated carbocycles. The van der Waals surface area contributed by atoms with Gasteiger partial charge in [0, 0.05) is 8.95 Å². The zero-order valence-electron chi connectivity index (χ0n) is 10.0. The second-order valence-electron chi connectivity index (χ2n) is 4.29. The summed E-state index contributed by atoms with van der Waals surface area (Å²) in [5, 5.41) is 0. The summed E-state index contributed by atoms with van der Waals surface area (Å²) < 4.78 is 26.1. The summed E-state index contributed by atoms with van der Waals surface area (Å²) in [6.45, 7) is 0. The molecule has 0 aliphatic rings. The minimum absolute atomic E-state index is 0.0545. The maximum absolute atomic E-state index is 12.2. The van der Waals surface area contributed by atoms with E-state index >= 15 is 0 Å². The number of benzene rings is 2. The molecule has 2 nitrogen and oxygen atoms in total. The van der Waals surface area contributed by atoms with Crippen molar-refractivity contribution in [2.24, 2.45) is 0 Å². The standard InChI is InChI=1S/C14H12Br2O2S/c15-13-5-1-3-11(7-13)9-19(17,18)10-12-4-2-6-14(16)8-12/h1-8H,9-10H2. The van der Waals surface area contributed by atoms with Gasteiger partial charge in [-0.3, -0.25) is 0 Å². The quantitative estimate of drug-likeness (QED) is 0.761. The van der Waals surface area contributed by atoms with E-state index in [0.29, 0.717) is 0 Å². The van der Waals surface area contributed by atoms with Gasteiger partial charge < -0.3 is 0 Å². The maximum Gasteiger partial charge on any atom is 0.158 e. The van der Waals surface area contributed by atoms with E-state index in [2.05, 4.69) is 31.9 Å². The topological polar surface area (TPSA) is 34.1 Å². The smallest absolute Gasteiger partial charge is 0.158 e. The monoisotopic (exact) mass is 402 g/mol. The van der Waals surface area contributed by atoms with E-state index < -0.39 is 9.84 Å².